The van der Waals surface area contributed by atoms with Gasteiger partial charge in [-0.1, -0.05) is 103 Å². The van der Waals surface area contributed by atoms with Crippen LogP contribution in [0.15, 0.2) is 0 Å². The lowest BCUT2D eigenvalue weighted by atomic mass is 9.67. The van der Waals surface area contributed by atoms with Crippen molar-refractivity contribution in [3.8, 4) is 0 Å². The van der Waals surface area contributed by atoms with Gasteiger partial charge in [0.1, 0.15) is 0 Å². The summed E-state index contributed by atoms with van der Waals surface area (Å²) in [6.07, 6.45) is 5.71. The fourth-order valence-corrected chi connectivity index (χ4v) is 2.41. The van der Waals surface area contributed by atoms with E-state index >= 15 is 0 Å². The van der Waals surface area contributed by atoms with Crippen LogP contribution in [-0.4, -0.2) is 0 Å². The molecular weight excluding hydrogens is 252 g/mol. The van der Waals surface area contributed by atoms with Gasteiger partial charge in [-0.25, -0.2) is 0 Å². The Morgan fingerprint density at radius 3 is 1.33 bits per heavy atom. The molecule has 2 unspecified atom stereocenters. The monoisotopic (exact) mass is 304 g/mol. The molecule has 0 heteroatoms. The summed E-state index contributed by atoms with van der Waals surface area (Å²) in [5.74, 6) is 1.98. The van der Waals surface area contributed by atoms with E-state index < -0.39 is 0 Å². The molecule has 0 radical (unpaired) electrons. The molecule has 136 valence electrons. The largest absolute Gasteiger partial charge is 0.0683 e. The Balaban J connectivity index is -0.0000000727. The first-order valence-corrected chi connectivity index (χ1v) is 10.0. The van der Waals surface area contributed by atoms with Crippen molar-refractivity contribution in [1.29, 1.82) is 0 Å². The summed E-state index contributed by atoms with van der Waals surface area (Å²) in [6.45, 7) is 29.6. The fraction of sp³-hybridized carbons (Fsp3) is 1.00. The molecule has 1 aliphatic rings. The second-order valence-electron chi connectivity index (χ2n) is 5.05. The van der Waals surface area contributed by atoms with Gasteiger partial charge in [0.25, 0.3) is 0 Å². The van der Waals surface area contributed by atoms with E-state index in [0.717, 1.165) is 11.8 Å². The maximum absolute atomic E-state index is 2.42. The Morgan fingerprint density at radius 1 is 0.762 bits per heavy atom. The van der Waals surface area contributed by atoms with Gasteiger partial charge in [-0.3, -0.25) is 0 Å². The van der Waals surface area contributed by atoms with E-state index in [2.05, 4.69) is 27.7 Å². The molecule has 0 aromatic rings. The third-order valence-corrected chi connectivity index (χ3v) is 3.42. The first-order chi connectivity index (χ1) is 10.0. The molecule has 0 nitrogen and oxygen atoms in total. The van der Waals surface area contributed by atoms with Crippen LogP contribution in [0.5, 0.6) is 0 Å². The highest BCUT2D eigenvalue weighted by molar-refractivity contribution is 4.82. The molecule has 0 aromatic heterocycles. The van der Waals surface area contributed by atoms with Crippen LogP contribution in [0.2, 0.25) is 0 Å². The van der Waals surface area contributed by atoms with E-state index in [1.807, 2.05) is 69.2 Å². The Kier molecular flexibility index (Phi) is 44.1. The van der Waals surface area contributed by atoms with Crippen molar-refractivity contribution >= 4 is 0 Å². The molecule has 0 spiro atoms. The first-order valence-electron chi connectivity index (χ1n) is 10.0. The van der Waals surface area contributed by atoms with Crippen molar-refractivity contribution < 1.29 is 0 Å². The summed E-state index contributed by atoms with van der Waals surface area (Å²) in [5.41, 5.74) is 0.632. The Bertz CT molecular complexity index is 124. The van der Waals surface area contributed by atoms with Gasteiger partial charge in [-0.2, -0.15) is 0 Å². The molecule has 21 heavy (non-hydrogen) atoms. The van der Waals surface area contributed by atoms with Gasteiger partial charge < -0.3 is 0 Å². The summed E-state index contributed by atoms with van der Waals surface area (Å²) < 4.78 is 0. The van der Waals surface area contributed by atoms with Gasteiger partial charge in [0.05, 0.1) is 0 Å². The molecule has 0 bridgehead atoms. The molecule has 0 heterocycles. The van der Waals surface area contributed by atoms with Crippen molar-refractivity contribution in [2.75, 3.05) is 0 Å². The predicted molar refractivity (Wildman–Crippen MR) is 107 cm³/mol. The van der Waals surface area contributed by atoms with Gasteiger partial charge in [0.15, 0.2) is 0 Å². The third-order valence-electron chi connectivity index (χ3n) is 3.42. The zero-order chi connectivity index (χ0) is 18.5. The number of hydrogen-bond acceptors (Lipinski definition) is 0. The summed E-state index contributed by atoms with van der Waals surface area (Å²) in [6, 6.07) is 0. The minimum Gasteiger partial charge on any atom is -0.0683 e. The van der Waals surface area contributed by atoms with Gasteiger partial charge in [0.2, 0.25) is 0 Å². The van der Waals surface area contributed by atoms with E-state index in [-0.39, 0.29) is 0 Å². The van der Waals surface area contributed by atoms with E-state index in [4.69, 9.17) is 0 Å². The lowest BCUT2D eigenvalue weighted by molar-refractivity contribution is 0.124. The first kappa shape index (κ1) is 32.8. The molecule has 2 atom stereocenters. The molecule has 0 saturated heterocycles. The zero-order valence-corrected chi connectivity index (χ0v) is 18.5. The minimum atomic E-state index is 0.632. The van der Waals surface area contributed by atoms with Crippen molar-refractivity contribution in [1.82, 2.24) is 0 Å². The Hall–Kier alpha value is 0. The van der Waals surface area contributed by atoms with Crippen molar-refractivity contribution in [2.24, 2.45) is 17.3 Å². The highest BCUT2D eigenvalue weighted by atomic mass is 14.4. The molecule has 0 N–H and O–H groups in total. The van der Waals surface area contributed by atoms with Crippen LogP contribution in [0.4, 0.5) is 0 Å². The SMILES string of the molecule is CC.CC.CC.CC.CC.CCC1CC(C)(C)CCC1C. The van der Waals surface area contributed by atoms with Crippen molar-refractivity contribution in [3.05, 3.63) is 0 Å². The molecule has 1 rings (SSSR count). The van der Waals surface area contributed by atoms with E-state index in [1.165, 1.54) is 25.7 Å². The van der Waals surface area contributed by atoms with Crippen LogP contribution < -0.4 is 0 Å². The minimum absolute atomic E-state index is 0.632. The normalized spacial score (nSPS) is 20.9. The van der Waals surface area contributed by atoms with Gasteiger partial charge in [0, 0.05) is 0 Å². The van der Waals surface area contributed by atoms with Crippen molar-refractivity contribution in [3.63, 3.8) is 0 Å². The summed E-state index contributed by atoms with van der Waals surface area (Å²) in [7, 11) is 0. The van der Waals surface area contributed by atoms with Gasteiger partial charge >= 0.3 is 0 Å². The Morgan fingerprint density at radius 2 is 1.10 bits per heavy atom. The van der Waals surface area contributed by atoms with E-state index in [0.29, 0.717) is 5.41 Å². The van der Waals surface area contributed by atoms with Crippen LogP contribution in [0, 0.1) is 17.3 Å². The van der Waals surface area contributed by atoms with Crippen molar-refractivity contribution in [2.45, 2.75) is 123 Å². The van der Waals surface area contributed by atoms with Gasteiger partial charge in [-0.05, 0) is 36.5 Å². The second kappa shape index (κ2) is 28.2. The standard InChI is InChI=1S/C11H22.5C2H6/c1-5-10-8-11(3,4)7-6-9(10)2;5*1-2/h9-10H,5-8H2,1-4H3;5*1-2H3. The van der Waals surface area contributed by atoms with Crippen LogP contribution in [-0.2, 0) is 0 Å². The van der Waals surface area contributed by atoms with Gasteiger partial charge in [-0.15, -0.1) is 0 Å². The average Bonchev–Trinajstić information content (AvgIpc) is 2.59. The summed E-state index contributed by atoms with van der Waals surface area (Å²) in [5, 5.41) is 0. The molecule has 1 fully saturated rings. The maximum Gasteiger partial charge on any atom is -0.0351 e. The van der Waals surface area contributed by atoms with E-state index in [9.17, 15) is 0 Å². The zero-order valence-electron chi connectivity index (χ0n) is 18.5. The molecule has 0 aromatic carbocycles. The second-order valence-corrected chi connectivity index (χ2v) is 5.05. The predicted octanol–water partition coefficient (Wildman–Crippen LogP) is 8.99. The fourth-order valence-electron chi connectivity index (χ4n) is 2.41. The van der Waals surface area contributed by atoms with Crippen LogP contribution in [0.3, 0.4) is 0 Å². The lowest BCUT2D eigenvalue weighted by Gasteiger charge is -2.39. The summed E-state index contributed by atoms with van der Waals surface area (Å²) in [4.78, 5) is 0. The molecular formula is C21H52. The molecule has 1 saturated carbocycles. The van der Waals surface area contributed by atoms with Crippen LogP contribution >= 0.6 is 0 Å². The number of hydrogen-bond donors (Lipinski definition) is 0. The maximum atomic E-state index is 2.42. The Labute approximate surface area is 140 Å². The third kappa shape index (κ3) is 22.4. The van der Waals surface area contributed by atoms with E-state index in [1.54, 1.807) is 0 Å². The van der Waals surface area contributed by atoms with Crippen LogP contribution in [0.1, 0.15) is 123 Å². The molecule has 0 aliphatic heterocycles. The average molecular weight is 305 g/mol. The number of rotatable bonds is 1. The quantitative estimate of drug-likeness (QED) is 0.453. The smallest absolute Gasteiger partial charge is 0.0351 e. The lowest BCUT2D eigenvalue weighted by Crippen LogP contribution is -2.27. The highest BCUT2D eigenvalue weighted by Gasteiger charge is 2.31. The molecule has 0 amide bonds. The molecule has 1 aliphatic carbocycles. The highest BCUT2D eigenvalue weighted by Crippen LogP contribution is 2.42. The summed E-state index contributed by atoms with van der Waals surface area (Å²) >= 11 is 0. The topological polar surface area (TPSA) is 0 Å². The van der Waals surface area contributed by atoms with Crippen LogP contribution in [0.25, 0.3) is 0 Å².